The molecule has 0 aliphatic carbocycles. The molecule has 2 rings (SSSR count). The topological polar surface area (TPSA) is 72.9 Å². The summed E-state index contributed by atoms with van der Waals surface area (Å²) < 4.78 is 34.3. The van der Waals surface area contributed by atoms with Crippen LogP contribution in [0.25, 0.3) is 0 Å². The molecule has 2 aromatic carbocycles. The predicted octanol–water partition coefficient (Wildman–Crippen LogP) is 3.47. The summed E-state index contributed by atoms with van der Waals surface area (Å²) in [5.74, 6) is -0.0183. The molecular weight excluding hydrogens is 434 g/mol. The third-order valence-electron chi connectivity index (χ3n) is 3.77. The second-order valence-corrected chi connectivity index (χ2v) is 8.58. The van der Waals surface area contributed by atoms with Crippen molar-refractivity contribution < 1.29 is 22.1 Å². The molecule has 0 saturated heterocycles. The number of hydrogen-bond acceptors (Lipinski definition) is 5. The summed E-state index contributed by atoms with van der Waals surface area (Å²) in [7, 11) is -2.03. The van der Waals surface area contributed by atoms with Crippen molar-refractivity contribution >= 4 is 32.0 Å². The summed E-state index contributed by atoms with van der Waals surface area (Å²) in [4.78, 5) is 14.5. The summed E-state index contributed by atoms with van der Waals surface area (Å²) >= 11 is 3.37. The lowest BCUT2D eigenvalue weighted by Crippen LogP contribution is -2.33. The maximum absolute atomic E-state index is 12.9. The average Bonchev–Trinajstić information content (AvgIpc) is 2.64. The molecule has 0 saturated carbocycles. The summed E-state index contributed by atoms with van der Waals surface area (Å²) in [6.07, 6.45) is 0. The van der Waals surface area contributed by atoms with Gasteiger partial charge in [-0.2, -0.15) is 8.42 Å². The first kappa shape index (κ1) is 21.4. The van der Waals surface area contributed by atoms with Gasteiger partial charge in [-0.25, -0.2) is 0 Å². The molecule has 0 atom stereocenters. The Hall–Kier alpha value is -1.90. The molecule has 0 heterocycles. The lowest BCUT2D eigenvalue weighted by atomic mass is 10.1. The minimum absolute atomic E-state index is 0.113. The monoisotopic (exact) mass is 455 g/mol. The lowest BCUT2D eigenvalue weighted by Gasteiger charge is -2.23. The Bertz CT molecular complexity index is 885. The molecule has 146 valence electrons. The standard InChI is InChI=1S/C19H22BrNO5S/c1-3-27(23,24)26-18-9-4-6-15(12-18)14-21(10-11-25-2)19(22)16-7-5-8-17(20)13-16/h4-9,12-13H,3,10-11,14H2,1-2H3. The number of nitrogens with zero attached hydrogens (tertiary/aromatic N) is 1. The fourth-order valence-corrected chi connectivity index (χ4v) is 3.29. The molecule has 0 aliphatic heterocycles. The smallest absolute Gasteiger partial charge is 0.308 e. The number of benzene rings is 2. The Kier molecular flexibility index (Phi) is 7.82. The second kappa shape index (κ2) is 9.87. The van der Waals surface area contributed by atoms with Crippen molar-refractivity contribution in [1.82, 2.24) is 4.90 Å². The predicted molar refractivity (Wildman–Crippen MR) is 107 cm³/mol. The molecule has 0 aromatic heterocycles. The molecule has 6 nitrogen and oxygen atoms in total. The number of carbonyl (C=O) groups is 1. The van der Waals surface area contributed by atoms with Crippen molar-refractivity contribution in [3.8, 4) is 5.75 Å². The van der Waals surface area contributed by atoms with Gasteiger partial charge in [-0.15, -0.1) is 0 Å². The van der Waals surface area contributed by atoms with Gasteiger partial charge in [-0.1, -0.05) is 34.1 Å². The van der Waals surface area contributed by atoms with Crippen LogP contribution in [-0.4, -0.2) is 45.2 Å². The number of halogens is 1. The highest BCUT2D eigenvalue weighted by Crippen LogP contribution is 2.19. The van der Waals surface area contributed by atoms with E-state index >= 15 is 0 Å². The van der Waals surface area contributed by atoms with Gasteiger partial charge >= 0.3 is 10.1 Å². The minimum Gasteiger partial charge on any atom is -0.383 e. The van der Waals surface area contributed by atoms with Crippen molar-refractivity contribution in [3.63, 3.8) is 0 Å². The SMILES string of the molecule is CCS(=O)(=O)Oc1cccc(CN(CCOC)C(=O)c2cccc(Br)c2)c1. The molecule has 0 aliphatic rings. The van der Waals surface area contributed by atoms with E-state index in [2.05, 4.69) is 15.9 Å². The van der Waals surface area contributed by atoms with Gasteiger partial charge in [0.05, 0.1) is 12.4 Å². The summed E-state index contributed by atoms with van der Waals surface area (Å²) in [6.45, 7) is 2.61. The van der Waals surface area contributed by atoms with Gasteiger partial charge in [0.15, 0.2) is 0 Å². The van der Waals surface area contributed by atoms with Gasteiger partial charge in [-0.3, -0.25) is 4.79 Å². The van der Waals surface area contributed by atoms with E-state index in [0.29, 0.717) is 25.3 Å². The van der Waals surface area contributed by atoms with E-state index < -0.39 is 10.1 Å². The van der Waals surface area contributed by atoms with E-state index in [1.807, 2.05) is 12.1 Å². The van der Waals surface area contributed by atoms with E-state index in [1.54, 1.807) is 48.4 Å². The maximum Gasteiger partial charge on any atom is 0.308 e. The Labute approximate surface area is 168 Å². The fraction of sp³-hybridized carbons (Fsp3) is 0.316. The van der Waals surface area contributed by atoms with E-state index in [0.717, 1.165) is 10.0 Å². The zero-order valence-electron chi connectivity index (χ0n) is 15.2. The fourth-order valence-electron chi connectivity index (χ4n) is 2.38. The van der Waals surface area contributed by atoms with E-state index in [9.17, 15) is 13.2 Å². The largest absolute Gasteiger partial charge is 0.383 e. The van der Waals surface area contributed by atoms with Crippen molar-refractivity contribution in [2.24, 2.45) is 0 Å². The van der Waals surface area contributed by atoms with Crippen LogP contribution in [-0.2, 0) is 21.4 Å². The van der Waals surface area contributed by atoms with Crippen molar-refractivity contribution in [1.29, 1.82) is 0 Å². The third kappa shape index (κ3) is 6.64. The van der Waals surface area contributed by atoms with Crippen molar-refractivity contribution in [2.75, 3.05) is 26.0 Å². The number of carbonyl (C=O) groups excluding carboxylic acids is 1. The zero-order chi connectivity index (χ0) is 19.9. The Morgan fingerprint density at radius 2 is 1.89 bits per heavy atom. The van der Waals surface area contributed by atoms with E-state index in [1.165, 1.54) is 6.92 Å². The summed E-state index contributed by atoms with van der Waals surface area (Å²) in [5, 5.41) is 0. The van der Waals surface area contributed by atoms with Gasteiger partial charge in [0.25, 0.3) is 5.91 Å². The lowest BCUT2D eigenvalue weighted by molar-refractivity contribution is 0.0680. The molecule has 0 N–H and O–H groups in total. The molecule has 0 bridgehead atoms. The molecule has 2 aromatic rings. The van der Waals surface area contributed by atoms with Crippen LogP contribution in [0, 0.1) is 0 Å². The molecule has 0 radical (unpaired) electrons. The van der Waals surface area contributed by atoms with E-state index in [4.69, 9.17) is 8.92 Å². The van der Waals surface area contributed by atoms with Crippen LogP contribution in [0.3, 0.4) is 0 Å². The number of methoxy groups -OCH3 is 1. The molecule has 0 unspecified atom stereocenters. The number of rotatable bonds is 9. The van der Waals surface area contributed by atoms with Crippen LogP contribution in [0.4, 0.5) is 0 Å². The van der Waals surface area contributed by atoms with Gasteiger partial charge in [-0.05, 0) is 42.8 Å². The molecule has 8 heteroatoms. The number of ether oxygens (including phenoxy) is 1. The van der Waals surface area contributed by atoms with Crippen molar-refractivity contribution in [2.45, 2.75) is 13.5 Å². The highest BCUT2D eigenvalue weighted by atomic mass is 79.9. The molecule has 0 spiro atoms. The van der Waals surface area contributed by atoms with Crippen LogP contribution < -0.4 is 4.18 Å². The maximum atomic E-state index is 12.9. The highest BCUT2D eigenvalue weighted by Gasteiger charge is 2.17. The molecular formula is C19H22BrNO5S. The third-order valence-corrected chi connectivity index (χ3v) is 5.42. The van der Waals surface area contributed by atoms with Crippen LogP contribution in [0.15, 0.2) is 53.0 Å². The first-order valence-electron chi connectivity index (χ1n) is 8.39. The Morgan fingerprint density at radius 3 is 2.56 bits per heavy atom. The van der Waals surface area contributed by atoms with Crippen molar-refractivity contribution in [3.05, 3.63) is 64.1 Å². The Morgan fingerprint density at radius 1 is 1.15 bits per heavy atom. The molecule has 27 heavy (non-hydrogen) atoms. The number of amides is 1. The average molecular weight is 456 g/mol. The molecule has 1 amide bonds. The van der Waals surface area contributed by atoms with E-state index in [-0.39, 0.29) is 17.4 Å². The first-order chi connectivity index (χ1) is 12.8. The summed E-state index contributed by atoms with van der Waals surface area (Å²) in [6, 6.07) is 13.9. The zero-order valence-corrected chi connectivity index (χ0v) is 17.6. The highest BCUT2D eigenvalue weighted by molar-refractivity contribution is 9.10. The minimum atomic E-state index is -3.60. The van der Waals surface area contributed by atoms with Crippen LogP contribution in [0.5, 0.6) is 5.75 Å². The molecule has 0 fully saturated rings. The van der Waals surface area contributed by atoms with Crippen LogP contribution >= 0.6 is 15.9 Å². The normalized spacial score (nSPS) is 11.2. The quantitative estimate of drug-likeness (QED) is 0.541. The second-order valence-electron chi connectivity index (χ2n) is 5.81. The van der Waals surface area contributed by atoms with Gasteiger partial charge in [0.1, 0.15) is 5.75 Å². The van der Waals surface area contributed by atoms with Gasteiger partial charge in [0, 0.05) is 30.2 Å². The van der Waals surface area contributed by atoms with Gasteiger partial charge < -0.3 is 13.8 Å². The summed E-state index contributed by atoms with van der Waals surface area (Å²) in [5.41, 5.74) is 1.32. The number of hydrogen-bond donors (Lipinski definition) is 0. The first-order valence-corrected chi connectivity index (χ1v) is 10.8. The van der Waals surface area contributed by atoms with Gasteiger partial charge in [0.2, 0.25) is 0 Å². The van der Waals surface area contributed by atoms with Crippen LogP contribution in [0.2, 0.25) is 0 Å². The van der Waals surface area contributed by atoms with Crippen LogP contribution in [0.1, 0.15) is 22.8 Å². The Balaban J connectivity index is 2.22.